The van der Waals surface area contributed by atoms with E-state index in [1.165, 1.54) is 0 Å². The van der Waals surface area contributed by atoms with Crippen molar-refractivity contribution in [1.29, 1.82) is 5.26 Å². The van der Waals surface area contributed by atoms with Crippen LogP contribution in [0.5, 0.6) is 0 Å². The minimum Gasteiger partial charge on any atom is -0.512 e. The van der Waals surface area contributed by atoms with Gasteiger partial charge in [0.1, 0.15) is 0 Å². The number of rotatable bonds is 3. The van der Waals surface area contributed by atoms with Crippen molar-refractivity contribution in [1.82, 2.24) is 29.3 Å². The molecule has 0 saturated heterocycles. The maximum atomic E-state index is 6.25. The van der Waals surface area contributed by atoms with Crippen molar-refractivity contribution in [2.75, 3.05) is 0 Å². The van der Waals surface area contributed by atoms with Gasteiger partial charge in [0.15, 0.2) is 0 Å². The molecule has 0 N–H and O–H groups in total. The van der Waals surface area contributed by atoms with Crippen LogP contribution in [-0.4, -0.2) is 29.3 Å². The molecule has 0 saturated carbocycles. The van der Waals surface area contributed by atoms with Gasteiger partial charge in [-0.1, -0.05) is 0 Å². The normalized spacial score (nSPS) is 9.27. The molecule has 0 amide bonds. The first-order chi connectivity index (χ1) is 14.4. The van der Waals surface area contributed by atoms with E-state index in [0.717, 1.165) is 17.1 Å². The van der Waals surface area contributed by atoms with E-state index in [2.05, 4.69) is 27.4 Å². The van der Waals surface area contributed by atoms with E-state index in [4.69, 9.17) is 11.8 Å². The van der Waals surface area contributed by atoms with Crippen LogP contribution < -0.4 is 0 Å². The first kappa shape index (κ1) is 22.5. The Labute approximate surface area is 188 Å². The third-order valence-electron chi connectivity index (χ3n) is 3.71. The topological polar surface area (TPSA) is 77.2 Å². The SMILES string of the molecule is [C-]#N.[Ir+3].[c-]1c(-n2cccn2)cccc1-n1cccn1.[c-]1ccccc1-n1cccn1. The molecule has 5 rings (SSSR count). The molecule has 0 aliphatic heterocycles. The van der Waals surface area contributed by atoms with Crippen LogP contribution in [0.1, 0.15) is 0 Å². The summed E-state index contributed by atoms with van der Waals surface area (Å²) >= 11 is 0. The summed E-state index contributed by atoms with van der Waals surface area (Å²) in [6, 6.07) is 25.6. The Morgan fingerprint density at radius 3 is 1.50 bits per heavy atom. The minimum atomic E-state index is 0. The zero-order chi connectivity index (χ0) is 20.3. The van der Waals surface area contributed by atoms with Crippen LogP contribution in [0.2, 0.25) is 0 Å². The molecule has 0 unspecified atom stereocenters. The Balaban J connectivity index is 0.000000202. The zero-order valence-electron chi connectivity index (χ0n) is 15.7. The number of hydrogen-bond acceptors (Lipinski definition) is 4. The molecule has 2 aromatic carbocycles. The van der Waals surface area contributed by atoms with Gasteiger partial charge in [0.25, 0.3) is 0 Å². The number of para-hydroxylation sites is 1. The zero-order valence-corrected chi connectivity index (χ0v) is 18.1. The van der Waals surface area contributed by atoms with E-state index in [-0.39, 0.29) is 20.1 Å². The first-order valence-electron chi connectivity index (χ1n) is 8.61. The van der Waals surface area contributed by atoms with Crippen molar-refractivity contribution < 1.29 is 20.1 Å². The third kappa shape index (κ3) is 5.85. The quantitative estimate of drug-likeness (QED) is 0.311. The van der Waals surface area contributed by atoms with Crippen molar-refractivity contribution in [2.45, 2.75) is 0 Å². The van der Waals surface area contributed by atoms with E-state index in [1.54, 1.807) is 32.6 Å². The second kappa shape index (κ2) is 11.9. The first-order valence-corrected chi connectivity index (χ1v) is 8.61. The summed E-state index contributed by atoms with van der Waals surface area (Å²) in [5, 5.41) is 18.7. The van der Waals surface area contributed by atoms with Crippen molar-refractivity contribution >= 4 is 0 Å². The molecule has 0 spiro atoms. The predicted molar refractivity (Wildman–Crippen MR) is 107 cm³/mol. The molecule has 0 aliphatic rings. The second-order valence-electron chi connectivity index (χ2n) is 5.52. The molecule has 0 atom stereocenters. The van der Waals surface area contributed by atoms with Crippen LogP contribution >= 0.6 is 0 Å². The second-order valence-corrected chi connectivity index (χ2v) is 5.52. The fourth-order valence-corrected chi connectivity index (χ4v) is 2.47. The van der Waals surface area contributed by atoms with Gasteiger partial charge in [0.05, 0.1) is 0 Å². The molecule has 30 heavy (non-hydrogen) atoms. The average Bonchev–Trinajstić information content (AvgIpc) is 3.60. The molecule has 0 fully saturated rings. The summed E-state index contributed by atoms with van der Waals surface area (Å²) in [7, 11) is 0. The van der Waals surface area contributed by atoms with Crippen LogP contribution in [0.25, 0.3) is 17.1 Å². The Bertz CT molecular complexity index is 1050. The molecule has 0 bridgehead atoms. The minimum absolute atomic E-state index is 0. The molecule has 3 aromatic heterocycles. The molecule has 5 aromatic rings. The Kier molecular flexibility index (Phi) is 8.94. The van der Waals surface area contributed by atoms with E-state index in [9.17, 15) is 0 Å². The fourth-order valence-electron chi connectivity index (χ4n) is 2.47. The molecule has 8 heteroatoms. The Hall–Kier alpha value is -3.79. The predicted octanol–water partition coefficient (Wildman–Crippen LogP) is 3.62. The van der Waals surface area contributed by atoms with Crippen molar-refractivity contribution in [3.8, 4) is 17.1 Å². The van der Waals surface area contributed by atoms with Crippen LogP contribution in [0.3, 0.4) is 0 Å². The van der Waals surface area contributed by atoms with E-state index in [0.29, 0.717) is 0 Å². The molecule has 0 radical (unpaired) electrons. The summed E-state index contributed by atoms with van der Waals surface area (Å²) < 4.78 is 5.32. The molecule has 0 aliphatic carbocycles. The summed E-state index contributed by atoms with van der Waals surface area (Å²) in [6.07, 6.45) is 10.9. The van der Waals surface area contributed by atoms with E-state index in [1.807, 2.05) is 79.3 Å². The van der Waals surface area contributed by atoms with Gasteiger partial charge < -0.3 is 11.8 Å². The maximum absolute atomic E-state index is 6.25. The fraction of sp³-hybridized carbons (Fsp3) is 0. The van der Waals surface area contributed by atoms with Gasteiger partial charge >= 0.3 is 20.1 Å². The van der Waals surface area contributed by atoms with Gasteiger partial charge in [-0.05, 0) is 35.3 Å². The summed E-state index contributed by atoms with van der Waals surface area (Å²) in [6.45, 7) is 4.75. The number of hydrogen-bond donors (Lipinski definition) is 0. The van der Waals surface area contributed by atoms with Gasteiger partial charge in [-0.3, -0.25) is 14.0 Å². The Morgan fingerprint density at radius 1 is 0.633 bits per heavy atom. The smallest absolute Gasteiger partial charge is 0.512 e. The monoisotopic (exact) mass is 571 g/mol. The van der Waals surface area contributed by atoms with Gasteiger partial charge in [0, 0.05) is 37.2 Å². The van der Waals surface area contributed by atoms with Crippen molar-refractivity contribution in [3.05, 3.63) is 117 Å². The number of nitrogens with zero attached hydrogens (tertiary/aromatic N) is 7. The molecular weight excluding hydrogens is 555 g/mol. The van der Waals surface area contributed by atoms with Gasteiger partial charge in [-0.2, -0.15) is 45.6 Å². The van der Waals surface area contributed by atoms with Crippen LogP contribution in [0, 0.1) is 24.0 Å². The molecule has 7 nitrogen and oxygen atoms in total. The van der Waals surface area contributed by atoms with Gasteiger partial charge in [-0.25, -0.2) is 0 Å². The average molecular weight is 571 g/mol. The summed E-state index contributed by atoms with van der Waals surface area (Å²) in [5.41, 5.74) is 2.77. The van der Waals surface area contributed by atoms with Crippen molar-refractivity contribution in [2.24, 2.45) is 0 Å². The van der Waals surface area contributed by atoms with Gasteiger partial charge in [-0.15, -0.1) is 24.3 Å². The largest absolute Gasteiger partial charge is 3.00 e. The standard InChI is InChI=1S/C12H9N4.C9H7N2.CN.Ir/c1-4-11(15-8-2-6-13-15)10-12(5-1)16-9-3-7-14-16;1-2-5-9(6-3-1)11-8-4-7-10-11;1-2;/h1-9H;1-5,7-8H;;/q3*-1;+3. The van der Waals surface area contributed by atoms with Crippen LogP contribution in [0.15, 0.2) is 97.8 Å². The Morgan fingerprint density at radius 2 is 1.10 bits per heavy atom. The van der Waals surface area contributed by atoms with Crippen LogP contribution in [0.4, 0.5) is 0 Å². The molecule has 3 heterocycles. The van der Waals surface area contributed by atoms with E-state index >= 15 is 0 Å². The van der Waals surface area contributed by atoms with Crippen LogP contribution in [-0.2, 0) is 20.1 Å². The summed E-state index contributed by atoms with van der Waals surface area (Å²) in [4.78, 5) is 0. The maximum Gasteiger partial charge on any atom is 3.00 e. The van der Waals surface area contributed by atoms with Gasteiger partial charge in [0.2, 0.25) is 0 Å². The molecular formula is C22H16IrN7. The number of benzene rings is 2. The van der Waals surface area contributed by atoms with Crippen molar-refractivity contribution in [3.63, 3.8) is 0 Å². The number of aromatic nitrogens is 6. The summed E-state index contributed by atoms with van der Waals surface area (Å²) in [5.74, 6) is 0. The molecule has 148 valence electrons. The third-order valence-corrected chi connectivity index (χ3v) is 3.71. The van der Waals surface area contributed by atoms with E-state index < -0.39 is 0 Å².